The topological polar surface area (TPSA) is 24.9 Å². The number of halogens is 1. The number of pyridine rings is 1. The minimum atomic E-state index is 0.712. The highest BCUT2D eigenvalue weighted by atomic mass is 79.9. The van der Waals surface area contributed by atoms with E-state index in [0.717, 1.165) is 16.9 Å². The van der Waals surface area contributed by atoms with Crippen molar-refractivity contribution in [1.29, 1.82) is 0 Å². The zero-order valence-corrected chi connectivity index (χ0v) is 10.9. The zero-order chi connectivity index (χ0) is 11.1. The molecule has 2 atom stereocenters. The summed E-state index contributed by atoms with van der Waals surface area (Å²) in [6.45, 7) is 3.29. The molecule has 16 heavy (non-hydrogen) atoms. The third-order valence-electron chi connectivity index (χ3n) is 3.70. The Morgan fingerprint density at radius 1 is 1.50 bits per heavy atom. The molecule has 2 heterocycles. The van der Waals surface area contributed by atoms with Gasteiger partial charge in [0.25, 0.3) is 0 Å². The van der Waals surface area contributed by atoms with E-state index < -0.39 is 0 Å². The maximum atomic E-state index is 4.37. The van der Waals surface area contributed by atoms with Gasteiger partial charge in [-0.05, 0) is 64.4 Å². The summed E-state index contributed by atoms with van der Waals surface area (Å²) in [6, 6.07) is 2.94. The van der Waals surface area contributed by atoms with Gasteiger partial charge >= 0.3 is 0 Å². The van der Waals surface area contributed by atoms with E-state index in [1.807, 2.05) is 6.20 Å². The van der Waals surface area contributed by atoms with Crippen LogP contribution >= 0.6 is 15.9 Å². The van der Waals surface area contributed by atoms with Crippen LogP contribution in [0.4, 0.5) is 0 Å². The van der Waals surface area contributed by atoms with Crippen LogP contribution in [0.25, 0.3) is 5.57 Å². The Labute approximate surface area is 104 Å². The third-order valence-corrected chi connectivity index (χ3v) is 4.53. The van der Waals surface area contributed by atoms with E-state index in [0.29, 0.717) is 6.04 Å². The summed E-state index contributed by atoms with van der Waals surface area (Å²) in [5.41, 5.74) is 3.95. The third kappa shape index (κ3) is 1.72. The van der Waals surface area contributed by atoms with Crippen LogP contribution in [-0.2, 0) is 0 Å². The highest BCUT2D eigenvalue weighted by Gasteiger charge is 2.32. The van der Waals surface area contributed by atoms with E-state index in [2.05, 4.69) is 45.3 Å². The molecule has 1 aliphatic carbocycles. The first kappa shape index (κ1) is 10.5. The number of nitrogens with one attached hydrogen (secondary N) is 1. The minimum absolute atomic E-state index is 0.712. The lowest BCUT2D eigenvalue weighted by Gasteiger charge is -2.41. The van der Waals surface area contributed by atoms with Gasteiger partial charge in [-0.3, -0.25) is 0 Å². The van der Waals surface area contributed by atoms with Crippen molar-refractivity contribution in [3.63, 3.8) is 0 Å². The minimum Gasteiger partial charge on any atom is -0.313 e. The summed E-state index contributed by atoms with van der Waals surface area (Å²) in [6.07, 6.45) is 6.75. The molecule has 0 aromatic carbocycles. The van der Waals surface area contributed by atoms with Crippen molar-refractivity contribution in [1.82, 2.24) is 10.3 Å². The molecule has 0 saturated carbocycles. The molecule has 0 spiro atoms. The van der Waals surface area contributed by atoms with Gasteiger partial charge in [0.2, 0.25) is 0 Å². The van der Waals surface area contributed by atoms with Gasteiger partial charge in [0.1, 0.15) is 4.60 Å². The Morgan fingerprint density at radius 3 is 3.00 bits per heavy atom. The van der Waals surface area contributed by atoms with Crippen LogP contribution in [0.15, 0.2) is 22.9 Å². The normalized spacial score (nSPS) is 28.0. The summed E-state index contributed by atoms with van der Waals surface area (Å²) >= 11 is 3.44. The fourth-order valence-electron chi connectivity index (χ4n) is 2.52. The molecule has 3 rings (SSSR count). The van der Waals surface area contributed by atoms with Crippen molar-refractivity contribution in [3.8, 4) is 0 Å². The summed E-state index contributed by atoms with van der Waals surface area (Å²) in [4.78, 5) is 4.37. The Hall–Kier alpha value is -0.670. The van der Waals surface area contributed by atoms with E-state index in [4.69, 9.17) is 0 Å². The molecule has 1 saturated heterocycles. The number of rotatable bonds is 1. The van der Waals surface area contributed by atoms with Crippen molar-refractivity contribution in [3.05, 3.63) is 34.1 Å². The number of allylic oxidation sites excluding steroid dienone is 1. The lowest BCUT2D eigenvalue weighted by Crippen LogP contribution is -2.53. The number of hydrogen-bond donors (Lipinski definition) is 1. The quantitative estimate of drug-likeness (QED) is 0.799. The molecule has 0 bridgehead atoms. The Morgan fingerprint density at radius 2 is 2.38 bits per heavy atom. The standard InChI is InChI=1S/C13H15BrN2/c1-8-4-11(7-16-13(8)14)9-2-3-10-6-15-12(10)5-9/h2,4,7,10,12,15H,3,5-6H2,1H3/t10-,12-/m1/s1. The van der Waals surface area contributed by atoms with Crippen molar-refractivity contribution in [2.24, 2.45) is 5.92 Å². The first-order chi connectivity index (χ1) is 7.74. The van der Waals surface area contributed by atoms with E-state index in [-0.39, 0.29) is 0 Å². The van der Waals surface area contributed by atoms with Crippen LogP contribution in [-0.4, -0.2) is 17.6 Å². The van der Waals surface area contributed by atoms with Gasteiger partial charge < -0.3 is 5.32 Å². The molecule has 1 fully saturated rings. The Kier molecular flexibility index (Phi) is 2.60. The summed E-state index contributed by atoms with van der Waals surface area (Å²) < 4.78 is 0.951. The van der Waals surface area contributed by atoms with Crippen LogP contribution in [0.3, 0.4) is 0 Å². The van der Waals surface area contributed by atoms with Crippen LogP contribution < -0.4 is 5.32 Å². The molecular formula is C13H15BrN2. The number of fused-ring (bicyclic) bond motifs is 1. The molecule has 0 amide bonds. The second-order valence-corrected chi connectivity index (χ2v) is 5.53. The monoisotopic (exact) mass is 278 g/mol. The molecule has 84 valence electrons. The molecule has 3 heteroatoms. The van der Waals surface area contributed by atoms with Crippen molar-refractivity contribution in [2.45, 2.75) is 25.8 Å². The van der Waals surface area contributed by atoms with Crippen molar-refractivity contribution >= 4 is 21.5 Å². The molecular weight excluding hydrogens is 264 g/mol. The van der Waals surface area contributed by atoms with Gasteiger partial charge in [-0.2, -0.15) is 0 Å². The first-order valence-electron chi connectivity index (χ1n) is 5.79. The predicted molar refractivity (Wildman–Crippen MR) is 69.2 cm³/mol. The fraction of sp³-hybridized carbons (Fsp3) is 0.462. The molecule has 1 aromatic heterocycles. The highest BCUT2D eigenvalue weighted by Crippen LogP contribution is 2.34. The SMILES string of the molecule is Cc1cc(C2=CC[C@@H]3CN[C@@H]3C2)cnc1Br. The van der Waals surface area contributed by atoms with Gasteiger partial charge in [0.05, 0.1) is 0 Å². The van der Waals surface area contributed by atoms with Crippen LogP contribution in [0.1, 0.15) is 24.0 Å². The second-order valence-electron chi connectivity index (χ2n) is 4.78. The molecule has 0 unspecified atom stereocenters. The first-order valence-corrected chi connectivity index (χ1v) is 6.58. The Balaban J connectivity index is 1.89. The van der Waals surface area contributed by atoms with E-state index >= 15 is 0 Å². The lowest BCUT2D eigenvalue weighted by molar-refractivity contribution is 0.231. The molecule has 2 nitrogen and oxygen atoms in total. The van der Waals surface area contributed by atoms with Gasteiger partial charge in [0, 0.05) is 18.8 Å². The van der Waals surface area contributed by atoms with Crippen LogP contribution in [0, 0.1) is 12.8 Å². The second kappa shape index (κ2) is 3.97. The van der Waals surface area contributed by atoms with Crippen LogP contribution in [0.5, 0.6) is 0 Å². The van der Waals surface area contributed by atoms with Gasteiger partial charge in [-0.25, -0.2) is 4.98 Å². The number of aryl methyl sites for hydroxylation is 1. The molecule has 1 aromatic rings. The van der Waals surface area contributed by atoms with Crippen molar-refractivity contribution < 1.29 is 0 Å². The largest absolute Gasteiger partial charge is 0.313 e. The molecule has 2 aliphatic rings. The average Bonchev–Trinajstić information content (AvgIpc) is 2.24. The van der Waals surface area contributed by atoms with Gasteiger partial charge in [-0.1, -0.05) is 6.08 Å². The smallest absolute Gasteiger partial charge is 0.109 e. The molecule has 1 aliphatic heterocycles. The van der Waals surface area contributed by atoms with Crippen molar-refractivity contribution in [2.75, 3.05) is 6.54 Å². The lowest BCUT2D eigenvalue weighted by atomic mass is 9.78. The van der Waals surface area contributed by atoms with E-state index in [9.17, 15) is 0 Å². The van der Waals surface area contributed by atoms with E-state index in [1.165, 1.54) is 29.7 Å². The molecule has 1 N–H and O–H groups in total. The summed E-state index contributed by atoms with van der Waals surface area (Å²) in [5.74, 6) is 0.883. The zero-order valence-electron chi connectivity index (χ0n) is 9.33. The Bertz CT molecular complexity index is 453. The van der Waals surface area contributed by atoms with Gasteiger partial charge in [-0.15, -0.1) is 0 Å². The maximum Gasteiger partial charge on any atom is 0.109 e. The average molecular weight is 279 g/mol. The number of nitrogens with zero attached hydrogens (tertiary/aromatic N) is 1. The number of aromatic nitrogens is 1. The fourth-order valence-corrected chi connectivity index (χ4v) is 2.74. The molecule has 0 radical (unpaired) electrons. The predicted octanol–water partition coefficient (Wildman–Crippen LogP) is 2.92. The van der Waals surface area contributed by atoms with E-state index in [1.54, 1.807) is 0 Å². The summed E-state index contributed by atoms with van der Waals surface area (Å²) in [7, 11) is 0. The van der Waals surface area contributed by atoms with Crippen LogP contribution in [0.2, 0.25) is 0 Å². The number of hydrogen-bond acceptors (Lipinski definition) is 2. The maximum absolute atomic E-state index is 4.37. The highest BCUT2D eigenvalue weighted by molar-refractivity contribution is 9.10. The summed E-state index contributed by atoms with van der Waals surface area (Å²) in [5, 5.41) is 3.50. The van der Waals surface area contributed by atoms with Gasteiger partial charge in [0.15, 0.2) is 0 Å².